The SMILES string of the molecule is O=S(=O)(c1ccc(NCC(O)c2c(F)cccc2F)nc1)N1CCCCC1. The van der Waals surface area contributed by atoms with E-state index >= 15 is 0 Å². The van der Waals surface area contributed by atoms with E-state index in [1.807, 2.05) is 0 Å². The number of pyridine rings is 1. The van der Waals surface area contributed by atoms with Crippen molar-refractivity contribution in [3.63, 3.8) is 0 Å². The number of aliphatic hydroxyl groups is 1. The lowest BCUT2D eigenvalue weighted by Crippen LogP contribution is -2.35. The van der Waals surface area contributed by atoms with E-state index in [-0.39, 0.29) is 11.4 Å². The monoisotopic (exact) mass is 397 g/mol. The van der Waals surface area contributed by atoms with Crippen molar-refractivity contribution in [1.29, 1.82) is 0 Å². The molecule has 0 saturated carbocycles. The van der Waals surface area contributed by atoms with Crippen molar-refractivity contribution >= 4 is 15.8 Å². The van der Waals surface area contributed by atoms with Crippen molar-refractivity contribution in [2.75, 3.05) is 25.0 Å². The minimum absolute atomic E-state index is 0.0932. The molecule has 1 atom stereocenters. The molecule has 0 spiro atoms. The summed E-state index contributed by atoms with van der Waals surface area (Å²) in [6.45, 7) is 0.828. The molecule has 1 aliphatic rings. The van der Waals surface area contributed by atoms with Crippen LogP contribution in [0.2, 0.25) is 0 Å². The largest absolute Gasteiger partial charge is 0.386 e. The molecule has 27 heavy (non-hydrogen) atoms. The van der Waals surface area contributed by atoms with Crippen molar-refractivity contribution in [3.05, 3.63) is 53.7 Å². The number of aliphatic hydroxyl groups excluding tert-OH is 1. The maximum Gasteiger partial charge on any atom is 0.244 e. The van der Waals surface area contributed by atoms with Gasteiger partial charge in [-0.1, -0.05) is 12.5 Å². The van der Waals surface area contributed by atoms with Crippen LogP contribution in [0, 0.1) is 11.6 Å². The Morgan fingerprint density at radius 1 is 1.11 bits per heavy atom. The maximum atomic E-state index is 13.7. The number of hydrogen-bond donors (Lipinski definition) is 2. The minimum Gasteiger partial charge on any atom is -0.386 e. The Bertz CT molecular complexity index is 865. The zero-order valence-electron chi connectivity index (χ0n) is 14.6. The molecule has 6 nitrogen and oxygen atoms in total. The van der Waals surface area contributed by atoms with Gasteiger partial charge in [-0.15, -0.1) is 0 Å². The molecule has 3 rings (SSSR count). The van der Waals surface area contributed by atoms with Crippen molar-refractivity contribution in [1.82, 2.24) is 9.29 Å². The summed E-state index contributed by atoms with van der Waals surface area (Å²) >= 11 is 0. The molecule has 1 saturated heterocycles. The topological polar surface area (TPSA) is 82.5 Å². The molecule has 1 fully saturated rings. The number of aromatic nitrogens is 1. The van der Waals surface area contributed by atoms with E-state index in [9.17, 15) is 22.3 Å². The second-order valence-corrected chi connectivity index (χ2v) is 8.31. The van der Waals surface area contributed by atoms with E-state index in [0.717, 1.165) is 31.4 Å². The van der Waals surface area contributed by atoms with Crippen molar-refractivity contribution in [2.45, 2.75) is 30.3 Å². The van der Waals surface area contributed by atoms with E-state index in [2.05, 4.69) is 10.3 Å². The van der Waals surface area contributed by atoms with Crippen LogP contribution in [0.15, 0.2) is 41.4 Å². The molecule has 0 radical (unpaired) electrons. The Labute approximate surface area is 156 Å². The van der Waals surface area contributed by atoms with E-state index in [1.54, 1.807) is 0 Å². The zero-order valence-corrected chi connectivity index (χ0v) is 15.4. The molecule has 0 aliphatic carbocycles. The highest BCUT2D eigenvalue weighted by Crippen LogP contribution is 2.23. The Kier molecular flexibility index (Phi) is 6.03. The maximum absolute atomic E-state index is 13.7. The number of nitrogens with zero attached hydrogens (tertiary/aromatic N) is 2. The van der Waals surface area contributed by atoms with Gasteiger partial charge in [-0.05, 0) is 37.1 Å². The summed E-state index contributed by atoms with van der Waals surface area (Å²) in [5.74, 6) is -1.37. The predicted octanol–water partition coefficient (Wildman–Crippen LogP) is 2.68. The summed E-state index contributed by atoms with van der Waals surface area (Å²) in [5, 5.41) is 12.8. The molecule has 2 N–H and O–H groups in total. The van der Waals surface area contributed by atoms with Crippen LogP contribution in [0.25, 0.3) is 0 Å². The van der Waals surface area contributed by atoms with Gasteiger partial charge in [-0.25, -0.2) is 22.2 Å². The highest BCUT2D eigenvalue weighted by molar-refractivity contribution is 7.89. The Hall–Kier alpha value is -2.10. The summed E-state index contributed by atoms with van der Waals surface area (Å²) < 4.78 is 53.9. The quantitative estimate of drug-likeness (QED) is 0.783. The minimum atomic E-state index is -3.57. The average molecular weight is 397 g/mol. The Morgan fingerprint density at radius 2 is 1.78 bits per heavy atom. The van der Waals surface area contributed by atoms with Crippen LogP contribution in [0.1, 0.15) is 30.9 Å². The number of sulfonamides is 1. The lowest BCUT2D eigenvalue weighted by Gasteiger charge is -2.25. The molecule has 1 aliphatic heterocycles. The van der Waals surface area contributed by atoms with Crippen molar-refractivity contribution in [2.24, 2.45) is 0 Å². The molecule has 2 heterocycles. The van der Waals surface area contributed by atoms with Crippen molar-refractivity contribution in [3.8, 4) is 0 Å². The second kappa shape index (κ2) is 8.28. The zero-order chi connectivity index (χ0) is 19.4. The van der Waals surface area contributed by atoms with E-state index < -0.39 is 33.3 Å². The molecule has 9 heteroatoms. The lowest BCUT2D eigenvalue weighted by atomic mass is 10.1. The Balaban J connectivity index is 1.66. The van der Waals surface area contributed by atoms with Crippen LogP contribution in [0.3, 0.4) is 0 Å². The third-order valence-electron chi connectivity index (χ3n) is 4.50. The average Bonchev–Trinajstić information content (AvgIpc) is 2.67. The first-order valence-electron chi connectivity index (χ1n) is 8.71. The molecule has 146 valence electrons. The normalized spacial score (nSPS) is 16.9. The molecular weight excluding hydrogens is 376 g/mol. The first-order valence-corrected chi connectivity index (χ1v) is 10.2. The molecule has 0 bridgehead atoms. The molecule has 0 amide bonds. The summed E-state index contributed by atoms with van der Waals surface area (Å²) in [7, 11) is -3.57. The highest BCUT2D eigenvalue weighted by atomic mass is 32.2. The molecule has 1 aromatic heterocycles. The lowest BCUT2D eigenvalue weighted by molar-refractivity contribution is 0.181. The number of piperidine rings is 1. The van der Waals surface area contributed by atoms with Crippen LogP contribution >= 0.6 is 0 Å². The number of hydrogen-bond acceptors (Lipinski definition) is 5. The predicted molar refractivity (Wildman–Crippen MR) is 96.7 cm³/mol. The smallest absolute Gasteiger partial charge is 0.244 e. The van der Waals surface area contributed by atoms with Crippen molar-refractivity contribution < 1.29 is 22.3 Å². The van der Waals surface area contributed by atoms with Gasteiger partial charge in [0.2, 0.25) is 10.0 Å². The molecule has 2 aromatic rings. The Morgan fingerprint density at radius 3 is 2.37 bits per heavy atom. The fraction of sp³-hybridized carbons (Fsp3) is 0.389. The molecule has 1 aromatic carbocycles. The van der Waals surface area contributed by atoms with Crippen LogP contribution in [0.4, 0.5) is 14.6 Å². The van der Waals surface area contributed by atoms with E-state index in [4.69, 9.17) is 0 Å². The van der Waals surface area contributed by atoms with Gasteiger partial charge in [0.25, 0.3) is 0 Å². The van der Waals surface area contributed by atoms with Gasteiger partial charge in [-0.2, -0.15) is 4.31 Å². The number of anilines is 1. The van der Waals surface area contributed by atoms with Gasteiger partial charge >= 0.3 is 0 Å². The molecular formula is C18H21F2N3O3S. The summed E-state index contributed by atoms with van der Waals surface area (Å²) in [4.78, 5) is 4.13. The van der Waals surface area contributed by atoms with Gasteiger partial charge in [0.15, 0.2) is 0 Å². The van der Waals surface area contributed by atoms with Gasteiger partial charge < -0.3 is 10.4 Å². The van der Waals surface area contributed by atoms with Gasteiger partial charge in [0.05, 0.1) is 5.56 Å². The number of benzene rings is 1. The summed E-state index contributed by atoms with van der Waals surface area (Å²) in [6, 6.07) is 6.24. The first-order chi connectivity index (χ1) is 12.9. The van der Waals surface area contributed by atoms with E-state index in [0.29, 0.717) is 18.9 Å². The van der Waals surface area contributed by atoms with Gasteiger partial charge in [0, 0.05) is 25.8 Å². The van der Waals surface area contributed by atoms with E-state index in [1.165, 1.54) is 28.7 Å². The molecule has 1 unspecified atom stereocenters. The number of halogens is 2. The second-order valence-electron chi connectivity index (χ2n) is 6.38. The van der Waals surface area contributed by atoms with Crippen LogP contribution in [-0.2, 0) is 10.0 Å². The summed E-state index contributed by atoms with van der Waals surface area (Å²) in [5.41, 5.74) is -0.422. The van der Waals surface area contributed by atoms with Crippen LogP contribution in [0.5, 0.6) is 0 Å². The third kappa shape index (κ3) is 4.42. The highest BCUT2D eigenvalue weighted by Gasteiger charge is 2.26. The van der Waals surface area contributed by atoms with Crippen LogP contribution < -0.4 is 5.32 Å². The van der Waals surface area contributed by atoms with Gasteiger partial charge in [-0.3, -0.25) is 0 Å². The van der Waals surface area contributed by atoms with Gasteiger partial charge in [0.1, 0.15) is 28.5 Å². The number of rotatable bonds is 6. The third-order valence-corrected chi connectivity index (χ3v) is 6.38. The van der Waals surface area contributed by atoms with Crippen LogP contribution in [-0.4, -0.2) is 42.4 Å². The fourth-order valence-corrected chi connectivity index (χ4v) is 4.49. The first kappa shape index (κ1) is 19.7. The number of nitrogens with one attached hydrogen (secondary N) is 1. The fourth-order valence-electron chi connectivity index (χ4n) is 3.02. The standard InChI is InChI=1S/C18H21F2N3O3S/c19-14-5-4-6-15(20)18(14)16(24)12-22-17-8-7-13(11-21-17)27(25,26)23-9-2-1-3-10-23/h4-8,11,16,24H,1-3,9-10,12H2,(H,21,22). The summed E-state index contributed by atoms with van der Waals surface area (Å²) in [6.07, 6.45) is 2.54.